The van der Waals surface area contributed by atoms with Crippen molar-refractivity contribution in [3.8, 4) is 5.69 Å². The van der Waals surface area contributed by atoms with Crippen molar-refractivity contribution >= 4 is 28.6 Å². The van der Waals surface area contributed by atoms with E-state index in [1.807, 2.05) is 22.9 Å². The zero-order chi connectivity index (χ0) is 13.9. The maximum atomic E-state index is 5.98. The lowest BCUT2D eigenvalue weighted by molar-refractivity contribution is 0.907. The number of anilines is 1. The fourth-order valence-corrected chi connectivity index (χ4v) is 3.11. The molecule has 0 amide bonds. The van der Waals surface area contributed by atoms with Gasteiger partial charge < -0.3 is 9.88 Å². The molecule has 2 heterocycles. The molecule has 0 saturated carbocycles. The number of rotatable bonds is 4. The molecule has 1 N–H and O–H groups in total. The van der Waals surface area contributed by atoms with Gasteiger partial charge >= 0.3 is 0 Å². The molecule has 5 heteroatoms. The molecule has 0 aliphatic rings. The Labute approximate surface area is 126 Å². The molecule has 102 valence electrons. The van der Waals surface area contributed by atoms with Crippen LogP contribution in [0, 0.1) is 0 Å². The Bertz CT molecular complexity index is 691. The first-order chi connectivity index (χ1) is 9.72. The van der Waals surface area contributed by atoms with Crippen molar-refractivity contribution in [3.05, 3.63) is 64.3 Å². The van der Waals surface area contributed by atoms with E-state index in [0.717, 1.165) is 15.7 Å². The SMILES string of the molecule is CC(Nc1cccc(-n2ccnc2)c1)c1ccc(Cl)s1. The Morgan fingerprint density at radius 1 is 1.30 bits per heavy atom. The molecule has 0 fully saturated rings. The number of nitrogens with one attached hydrogen (secondary N) is 1. The highest BCUT2D eigenvalue weighted by Gasteiger charge is 2.08. The van der Waals surface area contributed by atoms with Crippen LogP contribution >= 0.6 is 22.9 Å². The molecule has 1 atom stereocenters. The van der Waals surface area contributed by atoms with Gasteiger partial charge in [0.2, 0.25) is 0 Å². The van der Waals surface area contributed by atoms with Crippen LogP contribution in [0.5, 0.6) is 0 Å². The summed E-state index contributed by atoms with van der Waals surface area (Å²) >= 11 is 7.59. The first kappa shape index (κ1) is 13.2. The minimum Gasteiger partial charge on any atom is -0.378 e. The monoisotopic (exact) mass is 303 g/mol. The van der Waals surface area contributed by atoms with Crippen LogP contribution in [0.4, 0.5) is 5.69 Å². The van der Waals surface area contributed by atoms with E-state index >= 15 is 0 Å². The van der Waals surface area contributed by atoms with Crippen LogP contribution in [0.2, 0.25) is 4.34 Å². The second kappa shape index (κ2) is 5.69. The van der Waals surface area contributed by atoms with Gasteiger partial charge in [0.25, 0.3) is 0 Å². The van der Waals surface area contributed by atoms with Crippen LogP contribution in [0.3, 0.4) is 0 Å². The lowest BCUT2D eigenvalue weighted by atomic mass is 10.2. The van der Waals surface area contributed by atoms with Crippen molar-refractivity contribution in [2.45, 2.75) is 13.0 Å². The molecule has 2 aromatic heterocycles. The first-order valence-corrected chi connectivity index (χ1v) is 7.52. The molecule has 1 aromatic carbocycles. The third kappa shape index (κ3) is 2.86. The Balaban J connectivity index is 1.79. The summed E-state index contributed by atoms with van der Waals surface area (Å²) in [6.45, 7) is 2.13. The Kier molecular flexibility index (Phi) is 3.76. The highest BCUT2D eigenvalue weighted by Crippen LogP contribution is 2.29. The number of hydrogen-bond donors (Lipinski definition) is 1. The van der Waals surface area contributed by atoms with Gasteiger partial charge in [0.1, 0.15) is 0 Å². The van der Waals surface area contributed by atoms with E-state index in [1.54, 1.807) is 23.9 Å². The molecule has 3 aromatic rings. The van der Waals surface area contributed by atoms with Crippen LogP contribution in [-0.2, 0) is 0 Å². The average Bonchev–Trinajstić information content (AvgIpc) is 3.10. The van der Waals surface area contributed by atoms with Gasteiger partial charge in [0.15, 0.2) is 0 Å². The second-order valence-corrected chi connectivity index (χ2v) is 6.27. The number of aromatic nitrogens is 2. The van der Waals surface area contributed by atoms with Crippen LogP contribution in [0.15, 0.2) is 55.1 Å². The van der Waals surface area contributed by atoms with E-state index < -0.39 is 0 Å². The third-order valence-corrected chi connectivity index (χ3v) is 4.47. The van der Waals surface area contributed by atoms with Gasteiger partial charge in [-0.3, -0.25) is 0 Å². The summed E-state index contributed by atoms with van der Waals surface area (Å²) in [4.78, 5) is 5.29. The lowest BCUT2D eigenvalue weighted by Crippen LogP contribution is -2.05. The molecule has 0 bridgehead atoms. The largest absolute Gasteiger partial charge is 0.378 e. The Morgan fingerprint density at radius 3 is 2.90 bits per heavy atom. The summed E-state index contributed by atoms with van der Waals surface area (Å²) in [5, 5.41) is 3.49. The standard InChI is InChI=1S/C15H14ClN3S/c1-11(14-5-6-15(16)20-14)18-12-3-2-4-13(9-12)19-8-7-17-10-19/h2-11,18H,1H3. The van der Waals surface area contributed by atoms with E-state index in [0.29, 0.717) is 0 Å². The van der Waals surface area contributed by atoms with Gasteiger partial charge in [0, 0.05) is 28.6 Å². The summed E-state index contributed by atoms with van der Waals surface area (Å²) in [6, 6.07) is 12.5. The zero-order valence-electron chi connectivity index (χ0n) is 11.0. The van der Waals surface area contributed by atoms with Crippen molar-refractivity contribution < 1.29 is 0 Å². The van der Waals surface area contributed by atoms with Gasteiger partial charge in [-0.1, -0.05) is 17.7 Å². The number of hydrogen-bond acceptors (Lipinski definition) is 3. The number of halogens is 1. The molecule has 0 aliphatic carbocycles. The molecule has 3 nitrogen and oxygen atoms in total. The summed E-state index contributed by atoms with van der Waals surface area (Å²) in [5.74, 6) is 0. The number of thiophene rings is 1. The summed E-state index contributed by atoms with van der Waals surface area (Å²) in [6.07, 6.45) is 5.50. The van der Waals surface area contributed by atoms with Crippen molar-refractivity contribution in [1.29, 1.82) is 0 Å². The minimum absolute atomic E-state index is 0.227. The maximum absolute atomic E-state index is 5.98. The molecule has 1 unspecified atom stereocenters. The molecular weight excluding hydrogens is 290 g/mol. The Morgan fingerprint density at radius 2 is 2.20 bits per heavy atom. The molecule has 3 rings (SSSR count). The predicted octanol–water partition coefficient (Wildman–Crippen LogP) is 4.76. The van der Waals surface area contributed by atoms with E-state index in [1.165, 1.54) is 4.88 Å². The normalized spacial score (nSPS) is 12.3. The molecule has 0 saturated heterocycles. The van der Waals surface area contributed by atoms with Crippen LogP contribution < -0.4 is 5.32 Å². The third-order valence-electron chi connectivity index (χ3n) is 3.05. The number of benzene rings is 1. The summed E-state index contributed by atoms with van der Waals surface area (Å²) in [7, 11) is 0. The summed E-state index contributed by atoms with van der Waals surface area (Å²) in [5.41, 5.74) is 2.16. The van der Waals surface area contributed by atoms with Gasteiger partial charge in [0.05, 0.1) is 16.7 Å². The van der Waals surface area contributed by atoms with Crippen molar-refractivity contribution in [1.82, 2.24) is 9.55 Å². The van der Waals surface area contributed by atoms with Crippen LogP contribution in [-0.4, -0.2) is 9.55 Å². The van der Waals surface area contributed by atoms with Gasteiger partial charge in [-0.25, -0.2) is 4.98 Å². The van der Waals surface area contributed by atoms with Gasteiger partial charge in [-0.05, 0) is 37.3 Å². The van der Waals surface area contributed by atoms with Crippen LogP contribution in [0.25, 0.3) is 5.69 Å². The lowest BCUT2D eigenvalue weighted by Gasteiger charge is -2.14. The second-order valence-electron chi connectivity index (χ2n) is 4.53. The van der Waals surface area contributed by atoms with Crippen molar-refractivity contribution in [2.24, 2.45) is 0 Å². The first-order valence-electron chi connectivity index (χ1n) is 6.32. The molecule has 20 heavy (non-hydrogen) atoms. The zero-order valence-corrected chi connectivity index (χ0v) is 12.5. The quantitative estimate of drug-likeness (QED) is 0.753. The topological polar surface area (TPSA) is 29.9 Å². The fourth-order valence-electron chi connectivity index (χ4n) is 2.05. The van der Waals surface area contributed by atoms with E-state index in [2.05, 4.69) is 41.5 Å². The predicted molar refractivity (Wildman–Crippen MR) is 84.9 cm³/mol. The Hall–Kier alpha value is -1.78. The van der Waals surface area contributed by atoms with Crippen molar-refractivity contribution in [2.75, 3.05) is 5.32 Å². The molecule has 0 aliphatic heterocycles. The highest BCUT2D eigenvalue weighted by atomic mass is 35.5. The van der Waals surface area contributed by atoms with E-state index in [4.69, 9.17) is 11.6 Å². The minimum atomic E-state index is 0.227. The van der Waals surface area contributed by atoms with Gasteiger partial charge in [-0.2, -0.15) is 0 Å². The fraction of sp³-hybridized carbons (Fsp3) is 0.133. The number of imidazole rings is 1. The average molecular weight is 304 g/mol. The number of nitrogens with zero attached hydrogens (tertiary/aromatic N) is 2. The van der Waals surface area contributed by atoms with E-state index in [9.17, 15) is 0 Å². The smallest absolute Gasteiger partial charge is 0.0991 e. The van der Waals surface area contributed by atoms with E-state index in [-0.39, 0.29) is 6.04 Å². The highest BCUT2D eigenvalue weighted by molar-refractivity contribution is 7.16. The maximum Gasteiger partial charge on any atom is 0.0991 e. The van der Waals surface area contributed by atoms with Crippen LogP contribution in [0.1, 0.15) is 17.8 Å². The van der Waals surface area contributed by atoms with Gasteiger partial charge in [-0.15, -0.1) is 11.3 Å². The van der Waals surface area contributed by atoms with Crippen molar-refractivity contribution in [3.63, 3.8) is 0 Å². The molecular formula is C15H14ClN3S. The molecule has 0 spiro atoms. The molecule has 0 radical (unpaired) electrons. The summed E-state index contributed by atoms with van der Waals surface area (Å²) < 4.78 is 2.80.